The second kappa shape index (κ2) is 3.40. The molecule has 3 heteroatoms. The molecule has 2 rings (SSSR count). The number of nitrogens with one attached hydrogen (secondary N) is 1. The van der Waals surface area contributed by atoms with E-state index in [0.717, 1.165) is 6.42 Å². The molecule has 0 bridgehead atoms. The van der Waals surface area contributed by atoms with Crippen molar-refractivity contribution in [3.63, 3.8) is 0 Å². The first-order chi connectivity index (χ1) is 6.66. The van der Waals surface area contributed by atoms with E-state index in [0.29, 0.717) is 11.6 Å². The number of anilines is 1. The van der Waals surface area contributed by atoms with Gasteiger partial charge in [0.2, 0.25) is 5.91 Å². The summed E-state index contributed by atoms with van der Waals surface area (Å²) in [6, 6.07) is 5.95. The third-order valence-corrected chi connectivity index (χ3v) is 2.54. The van der Waals surface area contributed by atoms with Gasteiger partial charge >= 0.3 is 0 Å². The minimum Gasteiger partial charge on any atom is -0.326 e. The van der Waals surface area contributed by atoms with Crippen molar-refractivity contribution < 1.29 is 9.18 Å². The number of carbonyl (C=O) groups excluding carboxylic acids is 1. The summed E-state index contributed by atoms with van der Waals surface area (Å²) in [6.45, 7) is 2.04. The summed E-state index contributed by atoms with van der Waals surface area (Å²) in [6.07, 6.45) is 0.946. The molecule has 1 fully saturated rings. The molecule has 0 heterocycles. The monoisotopic (exact) mass is 193 g/mol. The molecule has 0 aromatic heterocycles. The Morgan fingerprint density at radius 2 is 2.29 bits per heavy atom. The SMILES string of the molecule is CC1CC1C(=O)Nc1cccc(F)c1. The van der Waals surface area contributed by atoms with Gasteiger partial charge in [-0.2, -0.15) is 0 Å². The molecule has 74 valence electrons. The molecular formula is C11H12FNO. The maximum absolute atomic E-state index is 12.8. The van der Waals surface area contributed by atoms with Crippen molar-refractivity contribution >= 4 is 11.6 Å². The van der Waals surface area contributed by atoms with Crippen LogP contribution in [0.15, 0.2) is 24.3 Å². The zero-order valence-corrected chi connectivity index (χ0v) is 7.96. The van der Waals surface area contributed by atoms with Crippen LogP contribution in [0.4, 0.5) is 10.1 Å². The molecular weight excluding hydrogens is 181 g/mol. The van der Waals surface area contributed by atoms with Gasteiger partial charge in [0.1, 0.15) is 5.82 Å². The van der Waals surface area contributed by atoms with Crippen molar-refractivity contribution in [2.45, 2.75) is 13.3 Å². The molecule has 1 N–H and O–H groups in total. The van der Waals surface area contributed by atoms with E-state index in [9.17, 15) is 9.18 Å². The third-order valence-electron chi connectivity index (χ3n) is 2.54. The molecule has 1 aliphatic rings. The Morgan fingerprint density at radius 1 is 1.57 bits per heavy atom. The van der Waals surface area contributed by atoms with Crippen LogP contribution in [0, 0.1) is 17.7 Å². The normalized spacial score (nSPS) is 24.4. The molecule has 0 aliphatic heterocycles. The highest BCUT2D eigenvalue weighted by atomic mass is 19.1. The van der Waals surface area contributed by atoms with Gasteiger partial charge in [-0.3, -0.25) is 4.79 Å². The Hall–Kier alpha value is -1.38. The summed E-state index contributed by atoms with van der Waals surface area (Å²) in [5.74, 6) is 0.275. The summed E-state index contributed by atoms with van der Waals surface area (Å²) < 4.78 is 12.8. The highest BCUT2D eigenvalue weighted by Crippen LogP contribution is 2.38. The van der Waals surface area contributed by atoms with Crippen LogP contribution in [0.25, 0.3) is 0 Å². The summed E-state index contributed by atoms with van der Waals surface area (Å²) in [7, 11) is 0. The van der Waals surface area contributed by atoms with Crippen molar-refractivity contribution in [3.8, 4) is 0 Å². The number of carbonyl (C=O) groups is 1. The van der Waals surface area contributed by atoms with Gasteiger partial charge < -0.3 is 5.32 Å². The third kappa shape index (κ3) is 1.92. The van der Waals surface area contributed by atoms with Crippen LogP contribution in [0.1, 0.15) is 13.3 Å². The molecule has 2 nitrogen and oxygen atoms in total. The summed E-state index contributed by atoms with van der Waals surface area (Å²) in [5.41, 5.74) is 0.536. The maximum Gasteiger partial charge on any atom is 0.227 e. The summed E-state index contributed by atoms with van der Waals surface area (Å²) in [4.78, 5) is 11.5. The van der Waals surface area contributed by atoms with Crippen LogP contribution < -0.4 is 5.32 Å². The molecule has 1 aromatic rings. The number of hydrogen-bond acceptors (Lipinski definition) is 1. The molecule has 2 unspecified atom stereocenters. The van der Waals surface area contributed by atoms with E-state index in [1.54, 1.807) is 12.1 Å². The molecule has 1 aromatic carbocycles. The number of amides is 1. The molecule has 0 saturated heterocycles. The molecule has 1 aliphatic carbocycles. The molecule has 14 heavy (non-hydrogen) atoms. The van der Waals surface area contributed by atoms with E-state index < -0.39 is 0 Å². The van der Waals surface area contributed by atoms with Gasteiger partial charge in [-0.25, -0.2) is 4.39 Å². The fourth-order valence-corrected chi connectivity index (χ4v) is 1.49. The minimum atomic E-state index is -0.327. The Labute approximate surface area is 82.1 Å². The quantitative estimate of drug-likeness (QED) is 0.767. The van der Waals surface area contributed by atoms with E-state index in [2.05, 4.69) is 5.32 Å². The van der Waals surface area contributed by atoms with Crippen molar-refractivity contribution in [2.75, 3.05) is 5.32 Å². The van der Waals surface area contributed by atoms with Crippen LogP contribution in [0.2, 0.25) is 0 Å². The lowest BCUT2D eigenvalue weighted by Crippen LogP contribution is -2.14. The first kappa shape index (κ1) is 9.19. The second-order valence-electron chi connectivity index (χ2n) is 3.82. The van der Waals surface area contributed by atoms with Crippen LogP contribution in [-0.2, 0) is 4.79 Å². The van der Waals surface area contributed by atoms with Gasteiger partial charge in [0.15, 0.2) is 0 Å². The Morgan fingerprint density at radius 3 is 2.86 bits per heavy atom. The smallest absolute Gasteiger partial charge is 0.227 e. The molecule has 1 amide bonds. The largest absolute Gasteiger partial charge is 0.326 e. The van der Waals surface area contributed by atoms with Gasteiger partial charge in [0, 0.05) is 11.6 Å². The molecule has 0 radical (unpaired) electrons. The number of rotatable bonds is 2. The minimum absolute atomic E-state index is 0.00287. The Balaban J connectivity index is 2.00. The average Bonchev–Trinajstić information content (AvgIpc) is 2.82. The fourth-order valence-electron chi connectivity index (χ4n) is 1.49. The van der Waals surface area contributed by atoms with E-state index in [1.165, 1.54) is 12.1 Å². The lowest BCUT2D eigenvalue weighted by atomic mass is 10.2. The predicted molar refractivity (Wildman–Crippen MR) is 52.3 cm³/mol. The first-order valence-electron chi connectivity index (χ1n) is 4.73. The van der Waals surface area contributed by atoms with E-state index in [4.69, 9.17) is 0 Å². The Bertz CT molecular complexity index is 364. The number of hydrogen-bond donors (Lipinski definition) is 1. The van der Waals surface area contributed by atoms with Gasteiger partial charge in [0.25, 0.3) is 0 Å². The number of halogens is 1. The summed E-state index contributed by atoms with van der Waals surface area (Å²) >= 11 is 0. The first-order valence-corrected chi connectivity index (χ1v) is 4.73. The average molecular weight is 193 g/mol. The fraction of sp³-hybridized carbons (Fsp3) is 0.364. The number of benzene rings is 1. The lowest BCUT2D eigenvalue weighted by Gasteiger charge is -2.03. The van der Waals surface area contributed by atoms with Gasteiger partial charge in [0.05, 0.1) is 0 Å². The van der Waals surface area contributed by atoms with Crippen LogP contribution in [0.3, 0.4) is 0 Å². The molecule has 2 atom stereocenters. The summed E-state index contributed by atoms with van der Waals surface area (Å²) in [5, 5.41) is 2.70. The molecule has 1 saturated carbocycles. The highest BCUT2D eigenvalue weighted by molar-refractivity contribution is 5.94. The standard InChI is InChI=1S/C11H12FNO/c1-7-5-10(7)11(14)13-9-4-2-3-8(12)6-9/h2-4,6-7,10H,5H2,1H3,(H,13,14). The van der Waals surface area contributed by atoms with Crippen molar-refractivity contribution in [1.82, 2.24) is 0 Å². The zero-order chi connectivity index (χ0) is 10.1. The van der Waals surface area contributed by atoms with Gasteiger partial charge in [-0.1, -0.05) is 13.0 Å². The maximum atomic E-state index is 12.8. The highest BCUT2D eigenvalue weighted by Gasteiger charge is 2.38. The lowest BCUT2D eigenvalue weighted by molar-refractivity contribution is -0.117. The topological polar surface area (TPSA) is 29.1 Å². The molecule has 0 spiro atoms. The van der Waals surface area contributed by atoms with Crippen molar-refractivity contribution in [3.05, 3.63) is 30.1 Å². The second-order valence-corrected chi connectivity index (χ2v) is 3.82. The Kier molecular flexibility index (Phi) is 2.23. The van der Waals surface area contributed by atoms with Crippen LogP contribution >= 0.6 is 0 Å². The zero-order valence-electron chi connectivity index (χ0n) is 7.96. The van der Waals surface area contributed by atoms with E-state index in [-0.39, 0.29) is 17.6 Å². The van der Waals surface area contributed by atoms with Gasteiger partial charge in [-0.05, 0) is 30.5 Å². The van der Waals surface area contributed by atoms with Crippen LogP contribution in [0.5, 0.6) is 0 Å². The predicted octanol–water partition coefficient (Wildman–Crippen LogP) is 2.42. The van der Waals surface area contributed by atoms with Crippen molar-refractivity contribution in [2.24, 2.45) is 11.8 Å². The van der Waals surface area contributed by atoms with Crippen molar-refractivity contribution in [1.29, 1.82) is 0 Å². The van der Waals surface area contributed by atoms with E-state index >= 15 is 0 Å². The van der Waals surface area contributed by atoms with Crippen LogP contribution in [-0.4, -0.2) is 5.91 Å². The van der Waals surface area contributed by atoms with E-state index in [1.807, 2.05) is 6.92 Å². The van der Waals surface area contributed by atoms with Gasteiger partial charge in [-0.15, -0.1) is 0 Å².